The average molecular weight is 524 g/mol. The smallest absolute Gasteiger partial charge is 0.364 e. The molecule has 2 aliphatic rings. The SMILES string of the molecule is O=C(NCC(c1ccc[nH]1)C(F)(F)F)c1csc(C2CCN(C(=O)NCCC3=CCCCC3)CC2)n1. The van der Waals surface area contributed by atoms with Crippen molar-refractivity contribution in [2.45, 2.75) is 63.0 Å². The predicted molar refractivity (Wildman–Crippen MR) is 132 cm³/mol. The van der Waals surface area contributed by atoms with Crippen LogP contribution in [0.5, 0.6) is 0 Å². The average Bonchev–Trinajstić information content (AvgIpc) is 3.57. The van der Waals surface area contributed by atoms with Crippen LogP contribution in [0.4, 0.5) is 18.0 Å². The molecule has 3 heterocycles. The number of thiazole rings is 1. The molecular weight excluding hydrogens is 491 g/mol. The minimum absolute atomic E-state index is 0.00337. The molecule has 1 fully saturated rings. The molecular formula is C25H32F3N5O2S. The highest BCUT2D eigenvalue weighted by Gasteiger charge is 2.41. The highest BCUT2D eigenvalue weighted by molar-refractivity contribution is 7.09. The van der Waals surface area contributed by atoms with E-state index < -0.39 is 24.5 Å². The van der Waals surface area contributed by atoms with Crippen LogP contribution in [0.25, 0.3) is 0 Å². The van der Waals surface area contributed by atoms with Crippen molar-refractivity contribution in [1.29, 1.82) is 0 Å². The van der Waals surface area contributed by atoms with Crippen molar-refractivity contribution in [2.24, 2.45) is 0 Å². The molecule has 1 aliphatic heterocycles. The monoisotopic (exact) mass is 523 g/mol. The quantitative estimate of drug-likeness (QED) is 0.409. The summed E-state index contributed by atoms with van der Waals surface area (Å²) in [7, 11) is 0. The van der Waals surface area contributed by atoms with Crippen LogP contribution in [0.2, 0.25) is 0 Å². The van der Waals surface area contributed by atoms with E-state index in [2.05, 4.69) is 26.7 Å². The molecule has 2 aromatic heterocycles. The van der Waals surface area contributed by atoms with E-state index in [1.807, 2.05) is 4.90 Å². The van der Waals surface area contributed by atoms with Gasteiger partial charge >= 0.3 is 12.2 Å². The second-order valence-electron chi connectivity index (χ2n) is 9.35. The Labute approximate surface area is 212 Å². The van der Waals surface area contributed by atoms with Crippen molar-refractivity contribution in [3.8, 4) is 0 Å². The van der Waals surface area contributed by atoms with Crippen LogP contribution in [0.3, 0.4) is 0 Å². The van der Waals surface area contributed by atoms with Crippen LogP contribution in [-0.2, 0) is 0 Å². The lowest BCUT2D eigenvalue weighted by Crippen LogP contribution is -2.44. The zero-order valence-corrected chi connectivity index (χ0v) is 20.9. The maximum absolute atomic E-state index is 13.4. The van der Waals surface area contributed by atoms with Gasteiger partial charge in [0.1, 0.15) is 11.6 Å². The lowest BCUT2D eigenvalue weighted by molar-refractivity contribution is -0.149. The van der Waals surface area contributed by atoms with Crippen LogP contribution >= 0.6 is 11.3 Å². The minimum atomic E-state index is -4.49. The Morgan fingerprint density at radius 3 is 2.69 bits per heavy atom. The van der Waals surface area contributed by atoms with Gasteiger partial charge in [-0.2, -0.15) is 13.2 Å². The number of allylic oxidation sites excluding steroid dienone is 1. The Kier molecular flexibility index (Phi) is 8.71. The summed E-state index contributed by atoms with van der Waals surface area (Å²) in [5.74, 6) is -2.32. The fraction of sp³-hybridized carbons (Fsp3) is 0.560. The van der Waals surface area contributed by atoms with E-state index in [1.165, 1.54) is 48.1 Å². The molecule has 3 N–H and O–H groups in total. The number of halogens is 3. The Hall–Kier alpha value is -2.82. The summed E-state index contributed by atoms with van der Waals surface area (Å²) < 4.78 is 40.2. The van der Waals surface area contributed by atoms with Gasteiger partial charge in [0.15, 0.2) is 0 Å². The van der Waals surface area contributed by atoms with Gasteiger partial charge in [-0.25, -0.2) is 9.78 Å². The Morgan fingerprint density at radius 1 is 1.22 bits per heavy atom. The molecule has 0 saturated carbocycles. The molecule has 3 amide bonds. The number of carbonyl (C=O) groups is 2. The van der Waals surface area contributed by atoms with Crippen molar-refractivity contribution in [1.82, 2.24) is 25.5 Å². The maximum Gasteiger partial charge on any atom is 0.398 e. The zero-order valence-electron chi connectivity index (χ0n) is 20.1. The molecule has 7 nitrogen and oxygen atoms in total. The van der Waals surface area contributed by atoms with Crippen LogP contribution in [-0.4, -0.2) is 59.2 Å². The van der Waals surface area contributed by atoms with Gasteiger partial charge < -0.3 is 20.5 Å². The zero-order chi connectivity index (χ0) is 25.5. The van der Waals surface area contributed by atoms with Crippen molar-refractivity contribution < 1.29 is 22.8 Å². The van der Waals surface area contributed by atoms with Crippen LogP contribution < -0.4 is 10.6 Å². The van der Waals surface area contributed by atoms with Gasteiger partial charge in [-0.15, -0.1) is 11.3 Å². The maximum atomic E-state index is 13.4. The number of hydrogen-bond donors (Lipinski definition) is 3. The van der Waals surface area contributed by atoms with Gasteiger partial charge in [0.05, 0.1) is 5.01 Å². The number of alkyl halides is 3. The summed E-state index contributed by atoms with van der Waals surface area (Å²) in [6.07, 6.45) is 6.35. The molecule has 196 valence electrons. The summed E-state index contributed by atoms with van der Waals surface area (Å²) in [4.78, 5) is 33.8. The number of H-pyrrole nitrogens is 1. The minimum Gasteiger partial charge on any atom is -0.364 e. The molecule has 2 aromatic rings. The molecule has 36 heavy (non-hydrogen) atoms. The number of carbonyl (C=O) groups excluding carboxylic acids is 2. The molecule has 1 aliphatic carbocycles. The van der Waals surface area contributed by atoms with Gasteiger partial charge in [0.2, 0.25) is 0 Å². The number of hydrogen-bond acceptors (Lipinski definition) is 4. The third kappa shape index (κ3) is 6.89. The Bertz CT molecular complexity index is 1040. The van der Waals surface area contributed by atoms with Gasteiger partial charge in [-0.05, 0) is 57.1 Å². The predicted octanol–water partition coefficient (Wildman–Crippen LogP) is 5.33. The van der Waals surface area contributed by atoms with Gasteiger partial charge in [0.25, 0.3) is 5.91 Å². The Morgan fingerprint density at radius 2 is 2.03 bits per heavy atom. The molecule has 1 atom stereocenters. The van der Waals surface area contributed by atoms with Crippen molar-refractivity contribution in [3.63, 3.8) is 0 Å². The first-order chi connectivity index (χ1) is 17.3. The standard InChI is InChI=1S/C25H32F3N5O2S/c26-25(27,28)19(20-7-4-11-29-20)15-31-22(34)21-16-36-23(32-21)18-9-13-33(14-10-18)24(35)30-12-8-17-5-2-1-3-6-17/h4-5,7,11,16,18-19,29H,1-3,6,8-10,12-15H2,(H,30,35)(H,31,34). The normalized spacial score (nSPS) is 18.0. The second kappa shape index (κ2) is 11.9. The summed E-state index contributed by atoms with van der Waals surface area (Å²) in [5, 5.41) is 7.75. The number of likely N-dealkylation sites (tertiary alicyclic amines) is 1. The van der Waals surface area contributed by atoms with Crippen LogP contribution in [0.1, 0.15) is 78.0 Å². The lowest BCUT2D eigenvalue weighted by atomic mass is 9.97. The van der Waals surface area contributed by atoms with E-state index in [0.717, 1.165) is 37.1 Å². The van der Waals surface area contributed by atoms with E-state index in [0.29, 0.717) is 19.6 Å². The first kappa shape index (κ1) is 26.2. The summed E-state index contributed by atoms with van der Waals surface area (Å²) in [6.45, 7) is 1.28. The third-order valence-corrected chi connectivity index (χ3v) is 7.86. The molecule has 0 aromatic carbocycles. The summed E-state index contributed by atoms with van der Waals surface area (Å²) >= 11 is 1.34. The van der Waals surface area contributed by atoms with Gasteiger partial charge in [-0.3, -0.25) is 4.79 Å². The highest BCUT2D eigenvalue weighted by Crippen LogP contribution is 2.34. The van der Waals surface area contributed by atoms with E-state index >= 15 is 0 Å². The number of nitrogens with one attached hydrogen (secondary N) is 3. The van der Waals surface area contributed by atoms with E-state index in [-0.39, 0.29) is 23.3 Å². The fourth-order valence-electron chi connectivity index (χ4n) is 4.73. The van der Waals surface area contributed by atoms with Gasteiger partial charge in [-0.1, -0.05) is 11.6 Å². The number of piperidine rings is 1. The second-order valence-corrected chi connectivity index (χ2v) is 10.2. The van der Waals surface area contributed by atoms with Crippen LogP contribution in [0.15, 0.2) is 35.4 Å². The number of rotatable bonds is 8. The summed E-state index contributed by atoms with van der Waals surface area (Å²) in [6, 6.07) is 2.80. The first-order valence-electron chi connectivity index (χ1n) is 12.5. The van der Waals surface area contributed by atoms with E-state index in [9.17, 15) is 22.8 Å². The van der Waals surface area contributed by atoms with E-state index in [1.54, 1.807) is 5.38 Å². The Balaban J connectivity index is 1.22. The fourth-order valence-corrected chi connectivity index (χ4v) is 5.70. The largest absolute Gasteiger partial charge is 0.398 e. The van der Waals surface area contributed by atoms with Crippen molar-refractivity contribution in [2.75, 3.05) is 26.2 Å². The molecule has 0 bridgehead atoms. The molecule has 11 heteroatoms. The first-order valence-corrected chi connectivity index (χ1v) is 13.3. The third-order valence-electron chi connectivity index (χ3n) is 6.85. The summed E-state index contributed by atoms with van der Waals surface area (Å²) in [5.41, 5.74) is 1.56. The lowest BCUT2D eigenvalue weighted by Gasteiger charge is -2.31. The van der Waals surface area contributed by atoms with Crippen molar-refractivity contribution in [3.05, 3.63) is 51.8 Å². The molecule has 4 rings (SSSR count). The van der Waals surface area contributed by atoms with Gasteiger partial charge in [0, 0.05) is 49.4 Å². The number of amides is 3. The number of urea groups is 1. The number of nitrogens with zero attached hydrogens (tertiary/aromatic N) is 2. The topological polar surface area (TPSA) is 90.1 Å². The molecule has 1 saturated heterocycles. The van der Waals surface area contributed by atoms with Crippen LogP contribution in [0, 0.1) is 0 Å². The van der Waals surface area contributed by atoms with E-state index in [4.69, 9.17) is 0 Å². The number of aromatic amines is 1. The highest BCUT2D eigenvalue weighted by atomic mass is 32.1. The molecule has 0 radical (unpaired) electrons. The number of aromatic nitrogens is 2. The molecule has 0 spiro atoms. The van der Waals surface area contributed by atoms with Crippen molar-refractivity contribution >= 4 is 23.3 Å². The molecule has 1 unspecified atom stereocenters.